The zero-order valence-corrected chi connectivity index (χ0v) is 14.3. The largest absolute Gasteiger partial charge is 0.350 e. The lowest BCUT2D eigenvalue weighted by Crippen LogP contribution is -2.39. The van der Waals surface area contributed by atoms with Crippen LogP contribution >= 0.6 is 0 Å². The lowest BCUT2D eigenvalue weighted by Gasteiger charge is -2.37. The van der Waals surface area contributed by atoms with Crippen LogP contribution < -0.4 is 0 Å². The van der Waals surface area contributed by atoms with Crippen molar-refractivity contribution < 1.29 is 0 Å². The van der Waals surface area contributed by atoms with E-state index >= 15 is 0 Å². The van der Waals surface area contributed by atoms with Gasteiger partial charge >= 0.3 is 0 Å². The Bertz CT molecular complexity index is 926. The molecule has 3 aliphatic heterocycles. The van der Waals surface area contributed by atoms with Crippen molar-refractivity contribution in [2.45, 2.75) is 37.5 Å². The van der Waals surface area contributed by atoms with E-state index in [1.165, 1.54) is 23.2 Å². The van der Waals surface area contributed by atoms with Crippen molar-refractivity contribution in [2.24, 2.45) is 5.92 Å². The summed E-state index contributed by atoms with van der Waals surface area (Å²) < 4.78 is 2.49. The summed E-state index contributed by atoms with van der Waals surface area (Å²) in [5.41, 5.74) is 6.12. The van der Waals surface area contributed by atoms with Crippen LogP contribution in [-0.2, 0) is 19.5 Å². The molecule has 0 amide bonds. The Morgan fingerprint density at radius 2 is 1.60 bits per heavy atom. The van der Waals surface area contributed by atoms with Crippen LogP contribution in [0.15, 0.2) is 72.9 Å². The molecule has 0 N–H and O–H groups in total. The molecule has 0 aliphatic carbocycles. The van der Waals surface area contributed by atoms with E-state index < -0.39 is 0 Å². The van der Waals surface area contributed by atoms with Crippen LogP contribution in [0.3, 0.4) is 0 Å². The summed E-state index contributed by atoms with van der Waals surface area (Å²) in [6, 6.07) is 26.1. The SMILES string of the molecule is c1ccc([C@H]2[C@@H]3Cn4cccc4[C@@H]3N3Cc4ccccc4C[C@@H]23)cc1. The number of rotatable bonds is 1. The van der Waals surface area contributed by atoms with Crippen molar-refractivity contribution in [3.63, 3.8) is 0 Å². The number of benzene rings is 2. The van der Waals surface area contributed by atoms with E-state index in [2.05, 4.69) is 82.4 Å². The molecule has 4 atom stereocenters. The second kappa shape index (κ2) is 5.09. The topological polar surface area (TPSA) is 8.17 Å². The van der Waals surface area contributed by atoms with Gasteiger partial charge in [0.15, 0.2) is 0 Å². The normalized spacial score (nSPS) is 29.8. The monoisotopic (exact) mass is 326 g/mol. The average Bonchev–Trinajstić information content (AvgIpc) is 3.30. The highest BCUT2D eigenvalue weighted by Gasteiger charge is 2.54. The van der Waals surface area contributed by atoms with E-state index in [1.54, 1.807) is 5.56 Å². The third-order valence-electron chi connectivity index (χ3n) is 6.72. The number of nitrogens with zero attached hydrogens (tertiary/aromatic N) is 2. The molecule has 0 spiro atoms. The van der Waals surface area contributed by atoms with Crippen molar-refractivity contribution in [3.05, 3.63) is 95.3 Å². The number of hydrogen-bond acceptors (Lipinski definition) is 1. The van der Waals surface area contributed by atoms with Crippen LogP contribution in [-0.4, -0.2) is 15.5 Å². The van der Waals surface area contributed by atoms with E-state index in [1.807, 2.05) is 0 Å². The van der Waals surface area contributed by atoms with Gasteiger partial charge in [0.1, 0.15) is 0 Å². The maximum atomic E-state index is 2.81. The van der Waals surface area contributed by atoms with Gasteiger partial charge in [0.25, 0.3) is 0 Å². The van der Waals surface area contributed by atoms with Gasteiger partial charge in [0.05, 0.1) is 6.04 Å². The number of hydrogen-bond donors (Lipinski definition) is 0. The molecular formula is C23H22N2. The fraction of sp³-hybridized carbons (Fsp3) is 0.304. The molecular weight excluding hydrogens is 304 g/mol. The lowest BCUT2D eigenvalue weighted by molar-refractivity contribution is 0.160. The van der Waals surface area contributed by atoms with E-state index in [4.69, 9.17) is 0 Å². The fourth-order valence-corrected chi connectivity index (χ4v) is 5.77. The first-order chi connectivity index (χ1) is 12.4. The highest BCUT2D eigenvalue weighted by atomic mass is 15.3. The molecule has 6 rings (SSSR count). The molecule has 124 valence electrons. The van der Waals surface area contributed by atoms with Crippen molar-refractivity contribution in [3.8, 4) is 0 Å². The maximum absolute atomic E-state index is 2.81. The smallest absolute Gasteiger partial charge is 0.0558 e. The van der Waals surface area contributed by atoms with E-state index in [0.29, 0.717) is 23.9 Å². The molecule has 0 bridgehead atoms. The molecule has 2 heteroatoms. The zero-order chi connectivity index (χ0) is 16.4. The number of aromatic nitrogens is 1. The number of fused-ring (bicyclic) bond motifs is 6. The summed E-state index contributed by atoms with van der Waals surface area (Å²) in [6.07, 6.45) is 3.45. The van der Waals surface area contributed by atoms with Crippen LogP contribution in [0.4, 0.5) is 0 Å². The summed E-state index contributed by atoms with van der Waals surface area (Å²) in [6.45, 7) is 2.26. The molecule has 0 radical (unpaired) electrons. The second-order valence-corrected chi connectivity index (χ2v) is 7.84. The standard InChI is InChI=1S/C23H22N2/c1-2-7-16(8-3-1)22-19-15-24-12-6-11-20(24)23(19)25-14-18-10-5-4-9-17(18)13-21(22)25/h1-12,19,21-23H,13-15H2/t19-,21-,22-,23+/m0/s1. The van der Waals surface area contributed by atoms with Gasteiger partial charge in [-0.15, -0.1) is 0 Å². The van der Waals surface area contributed by atoms with E-state index in [-0.39, 0.29) is 0 Å². The Kier molecular flexibility index (Phi) is 2.83. The molecule has 1 fully saturated rings. The van der Waals surface area contributed by atoms with Gasteiger partial charge in [0, 0.05) is 42.9 Å². The van der Waals surface area contributed by atoms with Gasteiger partial charge in [-0.25, -0.2) is 0 Å². The summed E-state index contributed by atoms with van der Waals surface area (Å²) in [5.74, 6) is 1.32. The van der Waals surface area contributed by atoms with Gasteiger partial charge in [0.2, 0.25) is 0 Å². The van der Waals surface area contributed by atoms with Crippen molar-refractivity contribution >= 4 is 0 Å². The van der Waals surface area contributed by atoms with E-state index in [9.17, 15) is 0 Å². The molecule has 4 heterocycles. The zero-order valence-electron chi connectivity index (χ0n) is 14.3. The minimum atomic E-state index is 0.568. The Labute approximate surface area is 148 Å². The van der Waals surface area contributed by atoms with Gasteiger partial charge in [-0.2, -0.15) is 0 Å². The molecule has 1 saturated heterocycles. The Morgan fingerprint density at radius 1 is 0.800 bits per heavy atom. The first-order valence-electron chi connectivity index (χ1n) is 9.42. The molecule has 2 nitrogen and oxygen atoms in total. The van der Waals surface area contributed by atoms with Gasteiger partial charge in [-0.05, 0) is 35.2 Å². The van der Waals surface area contributed by atoms with Crippen LogP contribution in [0.2, 0.25) is 0 Å². The minimum Gasteiger partial charge on any atom is -0.350 e. The Hall–Kier alpha value is -2.32. The summed E-state index contributed by atoms with van der Waals surface area (Å²) in [4.78, 5) is 2.81. The van der Waals surface area contributed by atoms with Crippen LogP contribution in [0.5, 0.6) is 0 Å². The van der Waals surface area contributed by atoms with Gasteiger partial charge in [-0.3, -0.25) is 4.90 Å². The fourth-order valence-electron chi connectivity index (χ4n) is 5.77. The maximum Gasteiger partial charge on any atom is 0.0558 e. The summed E-state index contributed by atoms with van der Waals surface area (Å²) >= 11 is 0. The molecule has 3 aromatic rings. The first kappa shape index (κ1) is 13.9. The highest BCUT2D eigenvalue weighted by Crippen LogP contribution is 2.56. The van der Waals surface area contributed by atoms with E-state index in [0.717, 1.165) is 13.1 Å². The van der Waals surface area contributed by atoms with Crippen molar-refractivity contribution in [1.82, 2.24) is 9.47 Å². The van der Waals surface area contributed by atoms with Gasteiger partial charge in [-0.1, -0.05) is 54.6 Å². The van der Waals surface area contributed by atoms with Crippen molar-refractivity contribution in [1.29, 1.82) is 0 Å². The average molecular weight is 326 g/mol. The Balaban J connectivity index is 1.50. The second-order valence-electron chi connectivity index (χ2n) is 7.84. The van der Waals surface area contributed by atoms with Crippen LogP contribution in [0.25, 0.3) is 0 Å². The molecule has 1 aromatic heterocycles. The lowest BCUT2D eigenvalue weighted by atomic mass is 9.79. The highest BCUT2D eigenvalue weighted by molar-refractivity contribution is 5.37. The predicted molar refractivity (Wildman–Crippen MR) is 99.3 cm³/mol. The summed E-state index contributed by atoms with van der Waals surface area (Å²) in [7, 11) is 0. The molecule has 0 unspecified atom stereocenters. The third kappa shape index (κ3) is 1.89. The summed E-state index contributed by atoms with van der Waals surface area (Å²) in [5, 5.41) is 0. The first-order valence-corrected chi connectivity index (χ1v) is 9.42. The quantitative estimate of drug-likeness (QED) is 0.644. The molecule has 25 heavy (non-hydrogen) atoms. The molecule has 2 aromatic carbocycles. The molecule has 3 aliphatic rings. The van der Waals surface area contributed by atoms with Crippen LogP contribution in [0, 0.1) is 5.92 Å². The predicted octanol–water partition coefficient (Wildman–Crippen LogP) is 4.38. The third-order valence-corrected chi connectivity index (χ3v) is 6.72. The van der Waals surface area contributed by atoms with Gasteiger partial charge < -0.3 is 4.57 Å². The minimum absolute atomic E-state index is 0.568. The van der Waals surface area contributed by atoms with Crippen LogP contribution in [0.1, 0.15) is 34.3 Å². The molecule has 0 saturated carbocycles. The van der Waals surface area contributed by atoms with Crippen molar-refractivity contribution in [2.75, 3.05) is 0 Å². The Morgan fingerprint density at radius 3 is 2.48 bits per heavy atom.